The lowest BCUT2D eigenvalue weighted by molar-refractivity contribution is -0.0116. The molecule has 11 heavy (non-hydrogen) atoms. The molecule has 0 aliphatic heterocycles. The zero-order valence-electron chi connectivity index (χ0n) is 7.55. The van der Waals surface area contributed by atoms with Gasteiger partial charge in [0.05, 0.1) is 20.1 Å². The molecular formula is C9H17BO. The van der Waals surface area contributed by atoms with E-state index < -0.39 is 0 Å². The Labute approximate surface area is 70.9 Å². The molecule has 0 amide bonds. The molecule has 2 radical (unpaired) electrons. The fraction of sp³-hybridized carbons (Fsp3) is 1.00. The van der Waals surface area contributed by atoms with Gasteiger partial charge in [0.1, 0.15) is 0 Å². The topological polar surface area (TPSA) is 9.23 Å². The van der Waals surface area contributed by atoms with Gasteiger partial charge in [-0.15, -0.1) is 0 Å². The summed E-state index contributed by atoms with van der Waals surface area (Å²) in [6.07, 6.45) is 5.43. The van der Waals surface area contributed by atoms with E-state index in [0.29, 0.717) is 18.0 Å². The van der Waals surface area contributed by atoms with Gasteiger partial charge in [-0.3, -0.25) is 0 Å². The van der Waals surface area contributed by atoms with E-state index in [9.17, 15) is 0 Å². The Bertz CT molecular complexity index is 106. The maximum atomic E-state index is 5.77. The first-order valence-corrected chi connectivity index (χ1v) is 4.59. The molecule has 0 atom stereocenters. The predicted molar refractivity (Wildman–Crippen MR) is 48.0 cm³/mol. The summed E-state index contributed by atoms with van der Waals surface area (Å²) in [6.45, 7) is 4.18. The van der Waals surface area contributed by atoms with Crippen molar-refractivity contribution in [3.8, 4) is 0 Å². The van der Waals surface area contributed by atoms with Crippen LogP contribution in [0.3, 0.4) is 0 Å². The zero-order chi connectivity index (χ0) is 8.27. The summed E-state index contributed by atoms with van der Waals surface area (Å²) in [5.41, 5.74) is 0. The Hall–Kier alpha value is 0.0249. The first-order valence-electron chi connectivity index (χ1n) is 4.59. The Morgan fingerprint density at radius 2 is 1.73 bits per heavy atom. The molecule has 2 heteroatoms. The molecule has 1 nitrogen and oxygen atoms in total. The summed E-state index contributed by atoms with van der Waals surface area (Å²) in [7, 11) is 5.77. The number of hydrogen-bond donors (Lipinski definition) is 0. The van der Waals surface area contributed by atoms with E-state index >= 15 is 0 Å². The normalized spacial score (nSPS) is 32.6. The number of hydrogen-bond acceptors (Lipinski definition) is 1. The molecule has 0 bridgehead atoms. The van der Waals surface area contributed by atoms with Gasteiger partial charge in [-0.1, -0.05) is 18.7 Å². The van der Waals surface area contributed by atoms with Crippen LogP contribution < -0.4 is 0 Å². The average molecular weight is 152 g/mol. The second-order valence-corrected chi connectivity index (χ2v) is 3.72. The highest BCUT2D eigenvalue weighted by Gasteiger charge is 2.18. The van der Waals surface area contributed by atoms with Crippen LogP contribution in [0.25, 0.3) is 0 Å². The molecule has 0 unspecified atom stereocenters. The Balaban J connectivity index is 2.17. The number of rotatable bonds is 2. The molecule has 0 aromatic heterocycles. The van der Waals surface area contributed by atoms with Crippen LogP contribution in [0.4, 0.5) is 0 Å². The van der Waals surface area contributed by atoms with E-state index in [1.807, 2.05) is 0 Å². The van der Waals surface area contributed by atoms with Crippen LogP contribution in [-0.4, -0.2) is 20.1 Å². The maximum absolute atomic E-state index is 5.77. The van der Waals surface area contributed by atoms with Crippen molar-refractivity contribution in [3.05, 3.63) is 0 Å². The molecule has 0 N–H and O–H groups in total. The molecule has 1 aliphatic carbocycles. The van der Waals surface area contributed by atoms with Gasteiger partial charge < -0.3 is 4.74 Å². The van der Waals surface area contributed by atoms with Crippen molar-refractivity contribution in [3.63, 3.8) is 0 Å². The first kappa shape index (κ1) is 9.12. The summed E-state index contributed by atoms with van der Waals surface area (Å²) in [6, 6.07) is 0. The lowest BCUT2D eigenvalue weighted by Gasteiger charge is -2.27. The molecular weight excluding hydrogens is 135 g/mol. The van der Waals surface area contributed by atoms with Crippen molar-refractivity contribution in [2.24, 2.45) is 0 Å². The van der Waals surface area contributed by atoms with E-state index in [-0.39, 0.29) is 0 Å². The lowest BCUT2D eigenvalue weighted by Crippen LogP contribution is -2.22. The maximum Gasteiger partial charge on any atom is 0.0699 e. The minimum atomic E-state index is 0.370. The minimum absolute atomic E-state index is 0.370. The van der Waals surface area contributed by atoms with Crippen molar-refractivity contribution < 1.29 is 4.74 Å². The van der Waals surface area contributed by atoms with Crippen LogP contribution in [0.2, 0.25) is 5.82 Å². The highest BCUT2D eigenvalue weighted by atomic mass is 16.5. The van der Waals surface area contributed by atoms with Crippen LogP contribution in [0.1, 0.15) is 39.5 Å². The molecule has 62 valence electrons. The van der Waals surface area contributed by atoms with Crippen LogP contribution in [0.15, 0.2) is 0 Å². The summed E-state index contributed by atoms with van der Waals surface area (Å²) in [4.78, 5) is 0. The van der Waals surface area contributed by atoms with Crippen molar-refractivity contribution in [2.45, 2.75) is 57.6 Å². The van der Waals surface area contributed by atoms with Gasteiger partial charge in [0.15, 0.2) is 0 Å². The van der Waals surface area contributed by atoms with Crippen molar-refractivity contribution in [2.75, 3.05) is 0 Å². The van der Waals surface area contributed by atoms with Gasteiger partial charge in [-0.2, -0.15) is 0 Å². The van der Waals surface area contributed by atoms with Crippen LogP contribution in [0, 0.1) is 0 Å². The minimum Gasteiger partial charge on any atom is -0.376 e. The van der Waals surface area contributed by atoms with Crippen LogP contribution in [-0.2, 0) is 4.74 Å². The first-order chi connectivity index (χ1) is 5.18. The van der Waals surface area contributed by atoms with Gasteiger partial charge in [0.2, 0.25) is 0 Å². The van der Waals surface area contributed by atoms with Gasteiger partial charge in [-0.05, 0) is 26.7 Å². The van der Waals surface area contributed by atoms with Gasteiger partial charge >= 0.3 is 0 Å². The molecule has 1 rings (SSSR count). The molecule has 0 heterocycles. The van der Waals surface area contributed by atoms with E-state index in [4.69, 9.17) is 12.6 Å². The van der Waals surface area contributed by atoms with Crippen molar-refractivity contribution in [1.82, 2.24) is 0 Å². The monoisotopic (exact) mass is 152 g/mol. The molecule has 0 aromatic rings. The Morgan fingerprint density at radius 1 is 1.18 bits per heavy atom. The van der Waals surface area contributed by atoms with E-state index in [1.165, 1.54) is 0 Å². The molecule has 1 saturated carbocycles. The molecule has 1 aliphatic rings. The quantitative estimate of drug-likeness (QED) is 0.551. The fourth-order valence-electron chi connectivity index (χ4n) is 1.61. The van der Waals surface area contributed by atoms with E-state index in [1.54, 1.807) is 0 Å². The van der Waals surface area contributed by atoms with Gasteiger partial charge in [0, 0.05) is 0 Å². The van der Waals surface area contributed by atoms with Crippen molar-refractivity contribution in [1.29, 1.82) is 0 Å². The Kier molecular flexibility index (Phi) is 3.44. The van der Waals surface area contributed by atoms with Crippen molar-refractivity contribution >= 4 is 7.85 Å². The summed E-state index contributed by atoms with van der Waals surface area (Å²) in [5, 5.41) is 0. The Morgan fingerprint density at radius 3 is 2.18 bits per heavy atom. The largest absolute Gasteiger partial charge is 0.376 e. The van der Waals surface area contributed by atoms with Crippen LogP contribution >= 0.6 is 0 Å². The standard InChI is InChI=1S/C9H17BO/c1-7(2)11-9-5-3-8(10)4-6-9/h7-9H,3-6H2,1-2H3. The second kappa shape index (κ2) is 4.15. The zero-order valence-corrected chi connectivity index (χ0v) is 7.55. The summed E-state index contributed by atoms with van der Waals surface area (Å²) >= 11 is 0. The smallest absolute Gasteiger partial charge is 0.0699 e. The highest BCUT2D eigenvalue weighted by molar-refractivity contribution is 6.11. The lowest BCUT2D eigenvalue weighted by atomic mass is 9.75. The highest BCUT2D eigenvalue weighted by Crippen LogP contribution is 2.28. The third-order valence-electron chi connectivity index (χ3n) is 2.18. The third-order valence-corrected chi connectivity index (χ3v) is 2.18. The molecule has 0 saturated heterocycles. The molecule has 1 fully saturated rings. The molecule has 0 aromatic carbocycles. The van der Waals surface area contributed by atoms with E-state index in [0.717, 1.165) is 25.7 Å². The van der Waals surface area contributed by atoms with Gasteiger partial charge in [-0.25, -0.2) is 0 Å². The van der Waals surface area contributed by atoms with Gasteiger partial charge in [0.25, 0.3) is 0 Å². The summed E-state index contributed by atoms with van der Waals surface area (Å²) in [5.74, 6) is 0.432. The fourth-order valence-corrected chi connectivity index (χ4v) is 1.61. The summed E-state index contributed by atoms with van der Waals surface area (Å²) < 4.78 is 5.68. The third kappa shape index (κ3) is 3.28. The second-order valence-electron chi connectivity index (χ2n) is 3.72. The average Bonchev–Trinajstić information content (AvgIpc) is 1.93. The SMILES string of the molecule is [B]C1CCC(OC(C)C)CC1. The number of ether oxygens (including phenoxy) is 1. The predicted octanol–water partition coefficient (Wildman–Crippen LogP) is 2.31. The molecule has 0 spiro atoms. The van der Waals surface area contributed by atoms with E-state index in [2.05, 4.69) is 13.8 Å². The van der Waals surface area contributed by atoms with Crippen LogP contribution in [0.5, 0.6) is 0 Å².